The third kappa shape index (κ3) is 3.56. The van der Waals surface area contributed by atoms with Crippen LogP contribution >= 0.6 is 0 Å². The van der Waals surface area contributed by atoms with Gasteiger partial charge in [0.2, 0.25) is 0 Å². The van der Waals surface area contributed by atoms with Gasteiger partial charge in [0.05, 0.1) is 28.7 Å². The molecule has 6 nitrogen and oxygen atoms in total. The molecule has 0 saturated carbocycles. The van der Waals surface area contributed by atoms with Crippen LogP contribution in [0.1, 0.15) is 6.92 Å². The van der Waals surface area contributed by atoms with Gasteiger partial charge in [0.15, 0.2) is 19.7 Å². The number of rotatable bonds is 3. The van der Waals surface area contributed by atoms with Crippen LogP contribution in [-0.4, -0.2) is 55.1 Å². The van der Waals surface area contributed by atoms with Gasteiger partial charge in [-0.1, -0.05) is 0 Å². The second-order valence-corrected chi connectivity index (χ2v) is 9.29. The van der Waals surface area contributed by atoms with E-state index in [1.54, 1.807) is 6.07 Å². The van der Waals surface area contributed by atoms with Gasteiger partial charge >= 0.3 is 0 Å². The minimum Gasteiger partial charge on any atom is -0.377 e. The lowest BCUT2D eigenvalue weighted by molar-refractivity contribution is 0.0987. The number of hydrogen-bond donors (Lipinski definition) is 0. The number of benzene rings is 1. The number of morpholine rings is 1. The van der Waals surface area contributed by atoms with Crippen LogP contribution in [0.4, 0.5) is 5.69 Å². The van der Waals surface area contributed by atoms with Crippen molar-refractivity contribution in [3.63, 3.8) is 0 Å². The summed E-state index contributed by atoms with van der Waals surface area (Å²) in [6, 6.07) is 4.28. The smallest absolute Gasteiger partial charge is 0.177 e. The standard InChI is InChI=1S/C13H19NO5S2/c1-10-9-19-7-6-14(10)12-5-4-11(20(2,15)16)8-13(12)21(3,17)18/h4-5,8,10H,6-7,9H2,1-3H3/t10-/m1/s1. The summed E-state index contributed by atoms with van der Waals surface area (Å²) in [4.78, 5) is 1.98. The van der Waals surface area contributed by atoms with Gasteiger partial charge in [0.1, 0.15) is 0 Å². The van der Waals surface area contributed by atoms with E-state index >= 15 is 0 Å². The molecule has 0 amide bonds. The number of nitrogens with zero attached hydrogens (tertiary/aromatic N) is 1. The van der Waals surface area contributed by atoms with Gasteiger partial charge in [-0.2, -0.15) is 0 Å². The largest absolute Gasteiger partial charge is 0.377 e. The molecular weight excluding hydrogens is 314 g/mol. The summed E-state index contributed by atoms with van der Waals surface area (Å²) >= 11 is 0. The van der Waals surface area contributed by atoms with Crippen molar-refractivity contribution in [1.82, 2.24) is 0 Å². The predicted octanol–water partition coefficient (Wildman–Crippen LogP) is 0.719. The van der Waals surface area contributed by atoms with Crippen molar-refractivity contribution in [3.8, 4) is 0 Å². The van der Waals surface area contributed by atoms with E-state index in [0.717, 1.165) is 12.5 Å². The zero-order valence-corrected chi connectivity index (χ0v) is 13.9. The summed E-state index contributed by atoms with van der Waals surface area (Å²) in [5.74, 6) is 0. The molecule has 1 fully saturated rings. The van der Waals surface area contributed by atoms with Crippen molar-refractivity contribution < 1.29 is 21.6 Å². The SMILES string of the molecule is C[C@@H]1COCCN1c1ccc(S(C)(=O)=O)cc1S(C)(=O)=O. The Balaban J connectivity index is 2.61. The number of ether oxygens (including phenoxy) is 1. The van der Waals surface area contributed by atoms with Crippen molar-refractivity contribution >= 4 is 25.4 Å². The van der Waals surface area contributed by atoms with Crippen LogP contribution in [0.2, 0.25) is 0 Å². The van der Waals surface area contributed by atoms with Gasteiger partial charge in [-0.15, -0.1) is 0 Å². The Labute approximate surface area is 125 Å². The molecule has 1 heterocycles. The molecule has 1 aliphatic heterocycles. The molecule has 0 unspecified atom stereocenters. The van der Waals surface area contributed by atoms with Crippen LogP contribution in [-0.2, 0) is 24.4 Å². The quantitative estimate of drug-likeness (QED) is 0.811. The minimum absolute atomic E-state index is 0.00703. The highest BCUT2D eigenvalue weighted by Gasteiger charge is 2.26. The lowest BCUT2D eigenvalue weighted by Crippen LogP contribution is -2.44. The molecule has 1 aliphatic rings. The number of hydrogen-bond acceptors (Lipinski definition) is 6. The summed E-state index contributed by atoms with van der Waals surface area (Å²) in [5.41, 5.74) is 0.528. The van der Waals surface area contributed by atoms with E-state index < -0.39 is 19.7 Å². The second-order valence-electron chi connectivity index (χ2n) is 5.29. The first-order valence-corrected chi connectivity index (χ1v) is 10.3. The van der Waals surface area contributed by atoms with Crippen molar-refractivity contribution in [2.24, 2.45) is 0 Å². The molecule has 1 aromatic carbocycles. The average molecular weight is 333 g/mol. The fourth-order valence-corrected chi connectivity index (χ4v) is 3.97. The summed E-state index contributed by atoms with van der Waals surface area (Å²) in [5, 5.41) is 0. The Morgan fingerprint density at radius 2 is 1.81 bits per heavy atom. The average Bonchev–Trinajstić information content (AvgIpc) is 2.36. The summed E-state index contributed by atoms with van der Waals surface area (Å²) in [7, 11) is -6.99. The van der Waals surface area contributed by atoms with E-state index in [1.165, 1.54) is 12.1 Å². The molecular formula is C13H19NO5S2. The first kappa shape index (κ1) is 16.3. The maximum Gasteiger partial charge on any atom is 0.177 e. The van der Waals surface area contributed by atoms with Crippen LogP contribution in [0.25, 0.3) is 0 Å². The highest BCUT2D eigenvalue weighted by molar-refractivity contribution is 7.91. The van der Waals surface area contributed by atoms with E-state index in [2.05, 4.69) is 0 Å². The van der Waals surface area contributed by atoms with Gasteiger partial charge in [0.25, 0.3) is 0 Å². The van der Waals surface area contributed by atoms with Crippen molar-refractivity contribution in [3.05, 3.63) is 18.2 Å². The Morgan fingerprint density at radius 1 is 1.14 bits per heavy atom. The monoisotopic (exact) mass is 333 g/mol. The van der Waals surface area contributed by atoms with E-state index in [0.29, 0.717) is 25.4 Å². The van der Waals surface area contributed by atoms with Crippen molar-refractivity contribution in [2.45, 2.75) is 22.8 Å². The fraction of sp³-hybridized carbons (Fsp3) is 0.538. The normalized spacial score (nSPS) is 20.5. The van der Waals surface area contributed by atoms with Crippen LogP contribution in [0.5, 0.6) is 0 Å². The first-order valence-electron chi connectivity index (χ1n) is 6.49. The van der Waals surface area contributed by atoms with E-state index in [4.69, 9.17) is 4.74 Å². The molecule has 0 radical (unpaired) electrons. The van der Waals surface area contributed by atoms with Gasteiger partial charge in [-0.3, -0.25) is 0 Å². The van der Waals surface area contributed by atoms with Gasteiger partial charge in [-0.05, 0) is 25.1 Å². The first-order chi connectivity index (χ1) is 9.60. The number of sulfone groups is 2. The van der Waals surface area contributed by atoms with Crippen molar-refractivity contribution in [1.29, 1.82) is 0 Å². The van der Waals surface area contributed by atoms with Crippen LogP contribution in [0.15, 0.2) is 28.0 Å². The fourth-order valence-electron chi connectivity index (χ4n) is 2.34. The highest BCUT2D eigenvalue weighted by atomic mass is 32.2. The van der Waals surface area contributed by atoms with Crippen molar-refractivity contribution in [2.75, 3.05) is 37.2 Å². The lowest BCUT2D eigenvalue weighted by atomic mass is 10.2. The number of anilines is 1. The third-order valence-corrected chi connectivity index (χ3v) is 5.67. The zero-order chi connectivity index (χ0) is 15.8. The summed E-state index contributed by atoms with van der Waals surface area (Å²) in [6.45, 7) is 3.54. The van der Waals surface area contributed by atoms with Crippen LogP contribution in [0.3, 0.4) is 0 Å². The highest BCUT2D eigenvalue weighted by Crippen LogP contribution is 2.30. The molecule has 0 N–H and O–H groups in total. The topological polar surface area (TPSA) is 80.8 Å². The molecule has 0 aromatic heterocycles. The van der Waals surface area contributed by atoms with E-state index in [1.807, 2.05) is 11.8 Å². The van der Waals surface area contributed by atoms with Crippen LogP contribution in [0, 0.1) is 0 Å². The Morgan fingerprint density at radius 3 is 2.33 bits per heavy atom. The molecule has 2 rings (SSSR count). The molecule has 0 aliphatic carbocycles. The van der Waals surface area contributed by atoms with Gasteiger partial charge < -0.3 is 9.64 Å². The van der Waals surface area contributed by atoms with E-state index in [9.17, 15) is 16.8 Å². The maximum atomic E-state index is 12.0. The van der Waals surface area contributed by atoms with Gasteiger partial charge in [0, 0.05) is 25.1 Å². The molecule has 0 spiro atoms. The lowest BCUT2D eigenvalue weighted by Gasteiger charge is -2.36. The molecule has 1 aromatic rings. The van der Waals surface area contributed by atoms with Gasteiger partial charge in [-0.25, -0.2) is 16.8 Å². The summed E-state index contributed by atoms with van der Waals surface area (Å²) in [6.07, 6.45) is 2.15. The third-order valence-electron chi connectivity index (χ3n) is 3.44. The predicted molar refractivity (Wildman–Crippen MR) is 80.3 cm³/mol. The molecule has 1 saturated heterocycles. The summed E-state index contributed by atoms with van der Waals surface area (Å²) < 4.78 is 52.7. The molecule has 118 valence electrons. The van der Waals surface area contributed by atoms with Crippen LogP contribution < -0.4 is 4.90 Å². The molecule has 21 heavy (non-hydrogen) atoms. The molecule has 1 atom stereocenters. The Bertz CT molecular complexity index is 740. The maximum absolute atomic E-state index is 12.0. The minimum atomic E-state index is -3.54. The molecule has 0 bridgehead atoms. The van der Waals surface area contributed by atoms with E-state index in [-0.39, 0.29) is 15.8 Å². The zero-order valence-electron chi connectivity index (χ0n) is 12.2. The molecule has 8 heteroatoms. The Kier molecular flexibility index (Phi) is 4.32. The Hall–Kier alpha value is -1.12. The second kappa shape index (κ2) is 5.58.